The lowest BCUT2D eigenvalue weighted by Gasteiger charge is -2.20. The van der Waals surface area contributed by atoms with E-state index in [1.54, 1.807) is 17.0 Å². The molecule has 1 amide bonds. The molecule has 0 saturated carbocycles. The molecule has 16 heavy (non-hydrogen) atoms. The summed E-state index contributed by atoms with van der Waals surface area (Å²) < 4.78 is 0.663. The number of nitrogens with zero attached hydrogens (tertiary/aromatic N) is 1. The number of hydrogen-bond donors (Lipinski definition) is 1. The summed E-state index contributed by atoms with van der Waals surface area (Å²) in [6.07, 6.45) is 2.36. The highest BCUT2D eigenvalue weighted by molar-refractivity contribution is 7.17. The number of halogens is 1. The van der Waals surface area contributed by atoms with E-state index in [9.17, 15) is 4.79 Å². The third-order valence-electron chi connectivity index (χ3n) is 2.79. The summed E-state index contributed by atoms with van der Waals surface area (Å²) in [7, 11) is 1.84. The van der Waals surface area contributed by atoms with Gasteiger partial charge in [-0.1, -0.05) is 11.6 Å². The van der Waals surface area contributed by atoms with E-state index in [-0.39, 0.29) is 5.91 Å². The van der Waals surface area contributed by atoms with Crippen molar-refractivity contribution < 1.29 is 4.79 Å². The second-order valence-corrected chi connectivity index (χ2v) is 5.80. The largest absolute Gasteiger partial charge is 0.339 e. The van der Waals surface area contributed by atoms with Crippen molar-refractivity contribution >= 4 is 28.8 Å². The first-order valence-corrected chi connectivity index (χ1v) is 6.60. The zero-order chi connectivity index (χ0) is 11.5. The highest BCUT2D eigenvalue weighted by Crippen LogP contribution is 2.22. The van der Waals surface area contributed by atoms with Crippen molar-refractivity contribution in [3.63, 3.8) is 0 Å². The highest BCUT2D eigenvalue weighted by Gasteiger charge is 2.20. The number of amides is 1. The van der Waals surface area contributed by atoms with E-state index in [2.05, 4.69) is 5.32 Å². The number of thiophene rings is 1. The van der Waals surface area contributed by atoms with Gasteiger partial charge in [-0.05, 0) is 31.5 Å². The molecule has 2 heterocycles. The molecule has 0 bridgehead atoms. The molecule has 3 nitrogen and oxygen atoms in total. The summed E-state index contributed by atoms with van der Waals surface area (Å²) in [5.74, 6) is 0.0607. The van der Waals surface area contributed by atoms with E-state index < -0.39 is 0 Å². The molecule has 2 rings (SSSR count). The van der Waals surface area contributed by atoms with Crippen LogP contribution in [0.5, 0.6) is 0 Å². The number of nitrogens with one attached hydrogen (secondary N) is 1. The van der Waals surface area contributed by atoms with Crippen LogP contribution in [0.25, 0.3) is 0 Å². The molecule has 0 radical (unpaired) electrons. The highest BCUT2D eigenvalue weighted by atomic mass is 35.5. The van der Waals surface area contributed by atoms with Crippen LogP contribution in [-0.2, 0) is 0 Å². The number of carbonyl (C=O) groups is 1. The first kappa shape index (κ1) is 11.9. The van der Waals surface area contributed by atoms with Gasteiger partial charge in [0.15, 0.2) is 0 Å². The molecular formula is C11H15ClN2OS. The monoisotopic (exact) mass is 258 g/mol. The van der Waals surface area contributed by atoms with Crippen molar-refractivity contribution in [3.8, 4) is 0 Å². The Kier molecular flexibility index (Phi) is 3.84. The molecule has 1 N–H and O–H groups in total. The van der Waals surface area contributed by atoms with Crippen LogP contribution in [0.2, 0.25) is 4.34 Å². The van der Waals surface area contributed by atoms with Crippen LogP contribution in [-0.4, -0.2) is 37.0 Å². The fourth-order valence-electron chi connectivity index (χ4n) is 1.94. The fourth-order valence-corrected chi connectivity index (χ4v) is 2.98. The lowest BCUT2D eigenvalue weighted by molar-refractivity contribution is 0.0788. The summed E-state index contributed by atoms with van der Waals surface area (Å²) in [6, 6.07) is 4.00. The van der Waals surface area contributed by atoms with E-state index in [0.717, 1.165) is 19.5 Å². The Bertz CT molecular complexity index is 374. The molecule has 0 aromatic carbocycles. The van der Waals surface area contributed by atoms with Crippen LogP contribution in [0.3, 0.4) is 0 Å². The molecule has 0 spiro atoms. The van der Waals surface area contributed by atoms with Gasteiger partial charge in [-0.15, -0.1) is 11.3 Å². The van der Waals surface area contributed by atoms with Crippen molar-refractivity contribution in [2.45, 2.75) is 18.9 Å². The molecule has 1 aliphatic heterocycles. The van der Waals surface area contributed by atoms with Crippen molar-refractivity contribution in [2.75, 3.05) is 20.1 Å². The molecular weight excluding hydrogens is 244 g/mol. The van der Waals surface area contributed by atoms with Gasteiger partial charge >= 0.3 is 0 Å². The van der Waals surface area contributed by atoms with Gasteiger partial charge in [-0.25, -0.2) is 0 Å². The molecule has 5 heteroatoms. The average Bonchev–Trinajstić information content (AvgIpc) is 2.88. The summed E-state index contributed by atoms with van der Waals surface area (Å²) in [4.78, 5) is 14.5. The first-order chi connectivity index (χ1) is 7.66. The van der Waals surface area contributed by atoms with E-state index in [1.165, 1.54) is 17.8 Å². The molecule has 1 aliphatic rings. The zero-order valence-corrected chi connectivity index (χ0v) is 10.8. The van der Waals surface area contributed by atoms with E-state index in [1.807, 2.05) is 7.05 Å². The zero-order valence-electron chi connectivity index (χ0n) is 9.20. The quantitative estimate of drug-likeness (QED) is 0.902. The van der Waals surface area contributed by atoms with Crippen LogP contribution in [0.4, 0.5) is 0 Å². The van der Waals surface area contributed by atoms with Gasteiger partial charge in [0, 0.05) is 19.6 Å². The molecule has 1 aromatic heterocycles. The Hall–Kier alpha value is -0.580. The molecule has 1 atom stereocenters. The number of hydrogen-bond acceptors (Lipinski definition) is 3. The Balaban J connectivity index is 1.93. The van der Waals surface area contributed by atoms with Crippen LogP contribution < -0.4 is 5.32 Å². The maximum absolute atomic E-state index is 12.0. The van der Waals surface area contributed by atoms with Gasteiger partial charge in [0.05, 0.1) is 9.21 Å². The average molecular weight is 259 g/mol. The van der Waals surface area contributed by atoms with Crippen LogP contribution in [0, 0.1) is 0 Å². The van der Waals surface area contributed by atoms with Crippen molar-refractivity contribution in [1.82, 2.24) is 10.2 Å². The predicted octanol–water partition coefficient (Wildman–Crippen LogP) is 2.23. The third kappa shape index (κ3) is 2.75. The normalized spacial score (nSPS) is 20.0. The molecule has 1 fully saturated rings. The first-order valence-electron chi connectivity index (χ1n) is 5.41. The van der Waals surface area contributed by atoms with Crippen LogP contribution in [0.1, 0.15) is 22.5 Å². The SMILES string of the molecule is CN(CC1CCCN1)C(=O)c1ccc(Cl)s1. The molecule has 0 aliphatic carbocycles. The molecule has 1 saturated heterocycles. The van der Waals surface area contributed by atoms with Crippen molar-refractivity contribution in [3.05, 3.63) is 21.3 Å². The lowest BCUT2D eigenvalue weighted by Crippen LogP contribution is -2.38. The summed E-state index contributed by atoms with van der Waals surface area (Å²) in [6.45, 7) is 1.84. The van der Waals surface area contributed by atoms with Gasteiger partial charge in [-0.3, -0.25) is 4.79 Å². The van der Waals surface area contributed by atoms with Crippen molar-refractivity contribution in [2.24, 2.45) is 0 Å². The van der Waals surface area contributed by atoms with Gasteiger partial charge in [0.2, 0.25) is 0 Å². The number of rotatable bonds is 3. The molecule has 88 valence electrons. The maximum Gasteiger partial charge on any atom is 0.263 e. The summed E-state index contributed by atoms with van der Waals surface area (Å²) >= 11 is 7.15. The van der Waals surface area contributed by atoms with E-state index in [0.29, 0.717) is 15.3 Å². The van der Waals surface area contributed by atoms with Crippen molar-refractivity contribution in [1.29, 1.82) is 0 Å². The Morgan fingerprint density at radius 1 is 1.69 bits per heavy atom. The Morgan fingerprint density at radius 3 is 3.06 bits per heavy atom. The molecule has 1 unspecified atom stereocenters. The van der Waals surface area contributed by atoms with Gasteiger partial charge in [-0.2, -0.15) is 0 Å². The fraction of sp³-hybridized carbons (Fsp3) is 0.545. The minimum absolute atomic E-state index is 0.0607. The number of carbonyl (C=O) groups excluding carboxylic acids is 1. The van der Waals surface area contributed by atoms with E-state index >= 15 is 0 Å². The van der Waals surface area contributed by atoms with Crippen LogP contribution in [0.15, 0.2) is 12.1 Å². The second-order valence-electron chi connectivity index (χ2n) is 4.08. The van der Waals surface area contributed by atoms with Gasteiger partial charge in [0.1, 0.15) is 0 Å². The lowest BCUT2D eigenvalue weighted by atomic mass is 10.2. The van der Waals surface area contributed by atoms with Gasteiger partial charge in [0.25, 0.3) is 5.91 Å². The predicted molar refractivity (Wildman–Crippen MR) is 67.3 cm³/mol. The molecule has 1 aromatic rings. The van der Waals surface area contributed by atoms with Crippen LogP contribution >= 0.6 is 22.9 Å². The third-order valence-corrected chi connectivity index (χ3v) is 4.01. The Labute approximate surface area is 104 Å². The van der Waals surface area contributed by atoms with E-state index in [4.69, 9.17) is 11.6 Å². The summed E-state index contributed by atoms with van der Waals surface area (Å²) in [5.41, 5.74) is 0. The standard InChI is InChI=1S/C11H15ClN2OS/c1-14(7-8-3-2-6-13-8)11(15)9-4-5-10(12)16-9/h4-5,8,13H,2-3,6-7H2,1H3. The Morgan fingerprint density at radius 2 is 2.50 bits per heavy atom. The maximum atomic E-state index is 12.0. The summed E-state index contributed by atoms with van der Waals surface area (Å²) in [5, 5.41) is 3.38. The smallest absolute Gasteiger partial charge is 0.263 e. The number of likely N-dealkylation sites (N-methyl/N-ethyl adjacent to an activating group) is 1. The topological polar surface area (TPSA) is 32.3 Å². The van der Waals surface area contributed by atoms with Gasteiger partial charge < -0.3 is 10.2 Å². The minimum atomic E-state index is 0.0607. The minimum Gasteiger partial charge on any atom is -0.339 e. The second kappa shape index (κ2) is 5.17.